The van der Waals surface area contributed by atoms with Crippen molar-refractivity contribution in [2.45, 2.75) is 41.4 Å². The van der Waals surface area contributed by atoms with Gasteiger partial charge >= 0.3 is 6.18 Å². The maximum absolute atomic E-state index is 13.2. The van der Waals surface area contributed by atoms with Crippen LogP contribution in [0.15, 0.2) is 64.4 Å². The van der Waals surface area contributed by atoms with Gasteiger partial charge in [-0.05, 0) is 67.9 Å². The van der Waals surface area contributed by atoms with E-state index in [0.717, 1.165) is 0 Å². The number of nitrogens with zero attached hydrogens (tertiary/aromatic N) is 3. The number of halogens is 4. The summed E-state index contributed by atoms with van der Waals surface area (Å²) in [7, 11) is -7.86. The number of hydrogen-bond donors (Lipinski definition) is 5. The molecular formula is C27H28ClF3N8O4S2. The molecule has 1 saturated heterocycles. The zero-order chi connectivity index (χ0) is 32.4. The molecule has 45 heavy (non-hydrogen) atoms. The number of piperidine rings is 1. The van der Waals surface area contributed by atoms with Gasteiger partial charge in [-0.25, -0.2) is 36.7 Å². The molecule has 0 radical (unpaired) electrons. The van der Waals surface area contributed by atoms with E-state index < -0.39 is 32.8 Å². The summed E-state index contributed by atoms with van der Waals surface area (Å²) in [6.07, 6.45) is -3.31. The third kappa shape index (κ3) is 8.36. The quantitative estimate of drug-likeness (QED) is 0.166. The average Bonchev–Trinajstić information content (AvgIpc) is 2.98. The highest BCUT2D eigenvalue weighted by atomic mass is 35.5. The Balaban J connectivity index is 1.45. The number of nitrogens with one attached hydrogen (secondary N) is 4. The predicted octanol–water partition coefficient (Wildman–Crippen LogP) is 3.61. The number of fused-ring (bicyclic) bond motifs is 1. The molecule has 6 N–H and O–H groups in total. The molecule has 5 rings (SSSR count). The maximum atomic E-state index is 13.2. The van der Waals surface area contributed by atoms with Crippen LogP contribution in [0.3, 0.4) is 0 Å². The standard InChI is InChI=1S/C27H28ClF3N8O4S2/c28-20-6-3-17(13-23(20)45(42,43)39-18-9-11-33-12-10-18)21-7-8-22-24(36-21)25(35-15-27(29,30)31)38-26(37-22)34-14-16-1-4-19(5-2-16)44(32,40)41/h1-8,13,18,33,39H,9-12,14-15H2,(H2,32,40,41)(H2,34,35,37,38). The summed E-state index contributed by atoms with van der Waals surface area (Å²) in [6.45, 7) is 0.0832. The van der Waals surface area contributed by atoms with Crippen molar-refractivity contribution in [2.75, 3.05) is 30.3 Å². The Hall–Kier alpha value is -3.61. The molecule has 3 heterocycles. The van der Waals surface area contributed by atoms with Gasteiger partial charge in [0.05, 0.1) is 21.1 Å². The Morgan fingerprint density at radius 1 is 0.933 bits per heavy atom. The van der Waals surface area contributed by atoms with E-state index in [4.69, 9.17) is 16.7 Å². The van der Waals surface area contributed by atoms with Crippen molar-refractivity contribution in [3.05, 3.63) is 65.2 Å². The van der Waals surface area contributed by atoms with Crippen molar-refractivity contribution in [1.82, 2.24) is 25.0 Å². The lowest BCUT2D eigenvalue weighted by Crippen LogP contribution is -2.42. The van der Waals surface area contributed by atoms with Crippen LogP contribution >= 0.6 is 11.6 Å². The fourth-order valence-corrected chi connectivity index (χ4v) is 6.98. The second kappa shape index (κ2) is 13.0. The van der Waals surface area contributed by atoms with Gasteiger partial charge in [0.1, 0.15) is 17.0 Å². The number of pyridine rings is 1. The largest absolute Gasteiger partial charge is 0.405 e. The van der Waals surface area contributed by atoms with E-state index >= 15 is 0 Å². The first-order chi connectivity index (χ1) is 21.2. The number of nitrogens with two attached hydrogens (primary N) is 1. The Bertz CT molecular complexity index is 1920. The number of hydrogen-bond acceptors (Lipinski definition) is 10. The van der Waals surface area contributed by atoms with Gasteiger partial charge in [0.15, 0.2) is 5.82 Å². The number of sulfonamides is 2. The van der Waals surface area contributed by atoms with Crippen molar-refractivity contribution < 1.29 is 30.0 Å². The number of aromatic nitrogens is 3. The van der Waals surface area contributed by atoms with Gasteiger partial charge in [0.25, 0.3) is 0 Å². The van der Waals surface area contributed by atoms with Gasteiger partial charge in [0.2, 0.25) is 26.0 Å². The number of rotatable bonds is 10. The Morgan fingerprint density at radius 2 is 1.64 bits per heavy atom. The summed E-state index contributed by atoms with van der Waals surface area (Å²) >= 11 is 6.28. The van der Waals surface area contributed by atoms with Crippen molar-refractivity contribution >= 4 is 54.4 Å². The van der Waals surface area contributed by atoms with Crippen molar-refractivity contribution in [2.24, 2.45) is 5.14 Å². The first-order valence-corrected chi connectivity index (χ1v) is 17.0. The Labute approximate surface area is 262 Å². The van der Waals surface area contributed by atoms with E-state index in [1.807, 2.05) is 0 Å². The zero-order valence-corrected chi connectivity index (χ0v) is 25.8. The molecule has 18 heteroatoms. The van der Waals surface area contributed by atoms with Crippen LogP contribution in [0.1, 0.15) is 18.4 Å². The highest BCUT2D eigenvalue weighted by molar-refractivity contribution is 7.89. The maximum Gasteiger partial charge on any atom is 0.405 e. The van der Waals surface area contributed by atoms with Crippen LogP contribution in [-0.4, -0.2) is 63.6 Å². The van der Waals surface area contributed by atoms with E-state index in [2.05, 4.69) is 35.6 Å². The lowest BCUT2D eigenvalue weighted by molar-refractivity contribution is -0.115. The summed E-state index contributed by atoms with van der Waals surface area (Å²) in [4.78, 5) is 12.8. The summed E-state index contributed by atoms with van der Waals surface area (Å²) in [5.41, 5.74) is 1.48. The normalized spacial score (nSPS) is 14.9. The lowest BCUT2D eigenvalue weighted by atomic mass is 10.1. The second-order valence-electron chi connectivity index (χ2n) is 10.3. The fraction of sp³-hybridized carbons (Fsp3) is 0.296. The third-order valence-electron chi connectivity index (χ3n) is 6.88. The molecule has 0 bridgehead atoms. The van der Waals surface area contributed by atoms with Crippen LogP contribution in [0.2, 0.25) is 5.02 Å². The molecule has 2 aromatic carbocycles. The van der Waals surface area contributed by atoms with Crippen LogP contribution in [0, 0.1) is 0 Å². The molecule has 240 valence electrons. The van der Waals surface area contributed by atoms with Crippen LogP contribution < -0.4 is 25.8 Å². The Morgan fingerprint density at radius 3 is 2.31 bits per heavy atom. The van der Waals surface area contributed by atoms with Crippen LogP contribution in [0.25, 0.3) is 22.3 Å². The highest BCUT2D eigenvalue weighted by Gasteiger charge is 2.28. The summed E-state index contributed by atoms with van der Waals surface area (Å²) in [5.74, 6) is -0.221. The SMILES string of the molecule is NS(=O)(=O)c1ccc(CNc2nc(NCC(F)(F)F)c3nc(-c4ccc(Cl)c(S(=O)(=O)NC5CCNCC5)c4)ccc3n2)cc1. The van der Waals surface area contributed by atoms with Gasteiger partial charge in [-0.2, -0.15) is 18.2 Å². The minimum atomic E-state index is -4.56. The van der Waals surface area contributed by atoms with E-state index in [1.165, 1.54) is 42.5 Å². The molecule has 1 aliphatic heterocycles. The van der Waals surface area contributed by atoms with Crippen LogP contribution in [0.5, 0.6) is 0 Å². The second-order valence-corrected chi connectivity index (χ2v) is 13.9. The van der Waals surface area contributed by atoms with Crippen molar-refractivity contribution in [1.29, 1.82) is 0 Å². The number of alkyl halides is 3. The molecule has 0 saturated carbocycles. The van der Waals surface area contributed by atoms with Crippen molar-refractivity contribution in [3.63, 3.8) is 0 Å². The molecule has 2 aromatic heterocycles. The first-order valence-electron chi connectivity index (χ1n) is 13.6. The molecule has 4 aromatic rings. The molecule has 1 fully saturated rings. The minimum Gasteiger partial charge on any atom is -0.359 e. The van der Waals surface area contributed by atoms with E-state index in [0.29, 0.717) is 37.1 Å². The van der Waals surface area contributed by atoms with Crippen LogP contribution in [-0.2, 0) is 26.6 Å². The topological polar surface area (TPSA) is 181 Å². The fourth-order valence-electron chi connectivity index (χ4n) is 4.63. The number of primary sulfonamides is 1. The van der Waals surface area contributed by atoms with Gasteiger partial charge < -0.3 is 16.0 Å². The molecule has 0 spiro atoms. The van der Waals surface area contributed by atoms with Gasteiger partial charge in [0, 0.05) is 18.2 Å². The Kier molecular flexibility index (Phi) is 9.48. The van der Waals surface area contributed by atoms with Crippen molar-refractivity contribution in [3.8, 4) is 11.3 Å². The summed E-state index contributed by atoms with van der Waals surface area (Å²) < 4.78 is 91.6. The van der Waals surface area contributed by atoms with E-state index in [9.17, 15) is 30.0 Å². The number of benzene rings is 2. The minimum absolute atomic E-state index is 0.00634. The molecule has 0 amide bonds. The highest BCUT2D eigenvalue weighted by Crippen LogP contribution is 2.31. The number of anilines is 2. The third-order valence-corrected chi connectivity index (χ3v) is 9.81. The summed E-state index contributed by atoms with van der Waals surface area (Å²) in [5, 5.41) is 13.5. The molecule has 12 nitrogen and oxygen atoms in total. The predicted molar refractivity (Wildman–Crippen MR) is 164 cm³/mol. The molecular weight excluding hydrogens is 657 g/mol. The molecule has 0 aliphatic carbocycles. The van der Waals surface area contributed by atoms with Gasteiger partial charge in [-0.1, -0.05) is 29.8 Å². The van der Waals surface area contributed by atoms with E-state index in [-0.39, 0.29) is 55.9 Å². The smallest absolute Gasteiger partial charge is 0.359 e. The zero-order valence-electron chi connectivity index (χ0n) is 23.4. The van der Waals surface area contributed by atoms with Crippen LogP contribution in [0.4, 0.5) is 24.9 Å². The molecule has 1 aliphatic rings. The molecule has 0 unspecified atom stereocenters. The van der Waals surface area contributed by atoms with E-state index in [1.54, 1.807) is 12.1 Å². The monoisotopic (exact) mass is 684 g/mol. The summed E-state index contributed by atoms with van der Waals surface area (Å²) in [6, 6.07) is 12.9. The lowest BCUT2D eigenvalue weighted by Gasteiger charge is -2.23. The molecule has 0 atom stereocenters. The first kappa shape index (κ1) is 32.8. The van der Waals surface area contributed by atoms with Gasteiger partial charge in [-0.3, -0.25) is 0 Å². The van der Waals surface area contributed by atoms with Gasteiger partial charge in [-0.15, -0.1) is 0 Å². The average molecular weight is 685 g/mol.